The van der Waals surface area contributed by atoms with Gasteiger partial charge in [0.05, 0.1) is 5.02 Å². The van der Waals surface area contributed by atoms with Crippen molar-refractivity contribution < 1.29 is 4.79 Å². The number of hydrogen-bond donors (Lipinski definition) is 2. The van der Waals surface area contributed by atoms with E-state index in [0.29, 0.717) is 21.5 Å². The van der Waals surface area contributed by atoms with Gasteiger partial charge in [-0.25, -0.2) is 0 Å². The maximum atomic E-state index is 12.2. The maximum absolute atomic E-state index is 12.2. The highest BCUT2D eigenvalue weighted by Gasteiger charge is 2.17. The number of nitrogens with one attached hydrogen (secondary N) is 2. The van der Waals surface area contributed by atoms with Gasteiger partial charge in [-0.3, -0.25) is 4.79 Å². The number of rotatable bonds is 5. The number of likely N-dealkylation sites (N-methyl/N-ethyl adjacent to an activating group) is 1. The molecule has 1 amide bonds. The smallest absolute Gasteiger partial charge is 0.262 e. The lowest BCUT2D eigenvalue weighted by atomic mass is 10.2. The Morgan fingerprint density at radius 1 is 1.38 bits per heavy atom. The molecule has 0 fully saturated rings. The Kier molecular flexibility index (Phi) is 7.24. The fourth-order valence-electron chi connectivity index (χ4n) is 1.93. The lowest BCUT2D eigenvalue weighted by Gasteiger charge is -2.12. The molecular formula is C14H17Cl3N2OS. The number of benzene rings is 1. The average Bonchev–Trinajstić information content (AvgIpc) is 2.73. The van der Waals surface area contributed by atoms with Crippen molar-refractivity contribution in [2.75, 3.05) is 13.1 Å². The summed E-state index contributed by atoms with van der Waals surface area (Å²) < 4.78 is 0.924. The predicted molar refractivity (Wildman–Crippen MR) is 94.6 cm³/mol. The molecule has 2 aromatic rings. The molecule has 0 saturated heterocycles. The molecule has 0 aliphatic carbocycles. The lowest BCUT2D eigenvalue weighted by molar-refractivity contribution is 0.0954. The number of carbonyl (C=O) groups is 1. The van der Waals surface area contributed by atoms with Crippen molar-refractivity contribution in [3.63, 3.8) is 0 Å². The van der Waals surface area contributed by atoms with Crippen LogP contribution >= 0.6 is 46.9 Å². The number of fused-ring (bicyclic) bond motifs is 1. The molecule has 0 radical (unpaired) electrons. The van der Waals surface area contributed by atoms with Crippen molar-refractivity contribution in [3.05, 3.63) is 33.1 Å². The van der Waals surface area contributed by atoms with Crippen molar-refractivity contribution in [2.24, 2.45) is 0 Å². The van der Waals surface area contributed by atoms with Crippen molar-refractivity contribution in [3.8, 4) is 0 Å². The quantitative estimate of drug-likeness (QED) is 0.824. The molecule has 0 bridgehead atoms. The van der Waals surface area contributed by atoms with Gasteiger partial charge in [0.25, 0.3) is 5.91 Å². The van der Waals surface area contributed by atoms with E-state index in [1.165, 1.54) is 11.3 Å². The van der Waals surface area contributed by atoms with Gasteiger partial charge in [0.2, 0.25) is 0 Å². The largest absolute Gasteiger partial charge is 0.350 e. The molecular weight excluding hydrogens is 351 g/mol. The van der Waals surface area contributed by atoms with E-state index in [4.69, 9.17) is 23.2 Å². The summed E-state index contributed by atoms with van der Waals surface area (Å²) in [7, 11) is 0. The van der Waals surface area contributed by atoms with Crippen LogP contribution in [-0.4, -0.2) is 25.0 Å². The van der Waals surface area contributed by atoms with E-state index in [0.717, 1.165) is 16.6 Å². The van der Waals surface area contributed by atoms with Crippen LogP contribution in [0.4, 0.5) is 0 Å². The molecule has 2 N–H and O–H groups in total. The predicted octanol–water partition coefficient (Wildman–Crippen LogP) is 4.36. The summed E-state index contributed by atoms with van der Waals surface area (Å²) in [5, 5.41) is 8.13. The highest BCUT2D eigenvalue weighted by molar-refractivity contribution is 7.21. The highest BCUT2D eigenvalue weighted by atomic mass is 35.5. The summed E-state index contributed by atoms with van der Waals surface area (Å²) in [6.45, 7) is 5.50. The van der Waals surface area contributed by atoms with Gasteiger partial charge in [-0.1, -0.05) is 36.2 Å². The number of thiophene rings is 1. The first kappa shape index (κ1) is 18.5. The van der Waals surface area contributed by atoms with E-state index < -0.39 is 0 Å². The minimum atomic E-state index is -0.142. The molecule has 1 aromatic carbocycles. The van der Waals surface area contributed by atoms with Crippen molar-refractivity contribution in [2.45, 2.75) is 19.9 Å². The first-order valence-corrected chi connectivity index (χ1v) is 7.99. The maximum Gasteiger partial charge on any atom is 0.262 e. The molecule has 0 aliphatic rings. The molecule has 116 valence electrons. The van der Waals surface area contributed by atoms with Crippen LogP contribution in [0.5, 0.6) is 0 Å². The highest BCUT2D eigenvalue weighted by Crippen LogP contribution is 2.36. The normalized spacial score (nSPS) is 12.0. The van der Waals surface area contributed by atoms with Gasteiger partial charge in [-0.2, -0.15) is 0 Å². The minimum absolute atomic E-state index is 0. The molecule has 1 atom stereocenters. The lowest BCUT2D eigenvalue weighted by Crippen LogP contribution is -2.38. The molecule has 7 heteroatoms. The molecule has 0 aliphatic heterocycles. The number of hydrogen-bond acceptors (Lipinski definition) is 3. The Labute approximate surface area is 144 Å². The summed E-state index contributed by atoms with van der Waals surface area (Å²) in [5.41, 5.74) is 0. The standard InChI is InChI=1S/C14H16Cl2N2OS.ClH/c1-3-17-8(2)7-18-14(19)13-12(16)10-5-4-9(15)6-11(10)20-13;/h4-6,8,17H,3,7H2,1-2H3,(H,18,19);1H/t8-;/m1./s1. The molecule has 21 heavy (non-hydrogen) atoms. The van der Waals surface area contributed by atoms with Crippen LogP contribution in [0.25, 0.3) is 10.1 Å². The SMILES string of the molecule is CCN[C@H](C)CNC(=O)c1sc2cc(Cl)ccc2c1Cl.Cl. The Balaban J connectivity index is 0.00000220. The first-order valence-electron chi connectivity index (χ1n) is 6.42. The number of amides is 1. The van der Waals surface area contributed by atoms with Crippen LogP contribution < -0.4 is 10.6 Å². The van der Waals surface area contributed by atoms with E-state index in [2.05, 4.69) is 10.6 Å². The zero-order valence-electron chi connectivity index (χ0n) is 11.7. The van der Waals surface area contributed by atoms with Gasteiger partial charge in [-0.15, -0.1) is 23.7 Å². The summed E-state index contributed by atoms with van der Waals surface area (Å²) in [5.74, 6) is -0.142. The van der Waals surface area contributed by atoms with Crippen LogP contribution in [0.15, 0.2) is 18.2 Å². The second-order valence-electron chi connectivity index (χ2n) is 4.55. The summed E-state index contributed by atoms with van der Waals surface area (Å²) in [6.07, 6.45) is 0. The number of carbonyl (C=O) groups excluding carboxylic acids is 1. The van der Waals surface area contributed by atoms with Crippen LogP contribution in [0.3, 0.4) is 0 Å². The third-order valence-corrected chi connectivity index (χ3v) is 4.81. The Morgan fingerprint density at radius 2 is 2.10 bits per heavy atom. The second-order valence-corrected chi connectivity index (χ2v) is 6.42. The molecule has 1 aromatic heterocycles. The topological polar surface area (TPSA) is 41.1 Å². The fourth-order valence-corrected chi connectivity index (χ4v) is 3.64. The third kappa shape index (κ3) is 4.47. The Hall–Kier alpha value is -0.520. The molecule has 3 nitrogen and oxygen atoms in total. The monoisotopic (exact) mass is 366 g/mol. The Bertz CT molecular complexity index is 630. The summed E-state index contributed by atoms with van der Waals surface area (Å²) >= 11 is 13.6. The molecule has 0 saturated carbocycles. The van der Waals surface area contributed by atoms with Crippen molar-refractivity contribution in [1.29, 1.82) is 0 Å². The van der Waals surface area contributed by atoms with Gasteiger partial charge >= 0.3 is 0 Å². The molecule has 2 rings (SSSR count). The zero-order chi connectivity index (χ0) is 14.7. The minimum Gasteiger partial charge on any atom is -0.350 e. The van der Waals surface area contributed by atoms with Gasteiger partial charge < -0.3 is 10.6 Å². The summed E-state index contributed by atoms with van der Waals surface area (Å²) in [4.78, 5) is 12.7. The van der Waals surface area contributed by atoms with Crippen molar-refractivity contribution in [1.82, 2.24) is 10.6 Å². The third-order valence-electron chi connectivity index (χ3n) is 2.92. The average molecular weight is 368 g/mol. The van der Waals surface area contributed by atoms with Crippen LogP contribution in [0.1, 0.15) is 23.5 Å². The van der Waals surface area contributed by atoms with Crippen molar-refractivity contribution >= 4 is 62.9 Å². The first-order chi connectivity index (χ1) is 9.52. The van der Waals surface area contributed by atoms with Gasteiger partial charge in [0.1, 0.15) is 4.88 Å². The van der Waals surface area contributed by atoms with Gasteiger partial charge in [0.15, 0.2) is 0 Å². The zero-order valence-corrected chi connectivity index (χ0v) is 14.8. The molecule has 1 heterocycles. The van der Waals surface area contributed by atoms with Gasteiger partial charge in [-0.05, 0) is 25.6 Å². The fraction of sp³-hybridized carbons (Fsp3) is 0.357. The molecule has 0 unspecified atom stereocenters. The van der Waals surface area contributed by atoms with E-state index in [-0.39, 0.29) is 24.4 Å². The number of halogens is 3. The van der Waals surface area contributed by atoms with Crippen LogP contribution in [0, 0.1) is 0 Å². The van der Waals surface area contributed by atoms with E-state index in [9.17, 15) is 4.79 Å². The Morgan fingerprint density at radius 3 is 2.76 bits per heavy atom. The van der Waals surface area contributed by atoms with Gasteiger partial charge in [0, 0.05) is 27.7 Å². The molecule has 0 spiro atoms. The van der Waals surface area contributed by atoms with E-state index in [1.807, 2.05) is 26.0 Å². The van der Waals surface area contributed by atoms with Crippen LogP contribution in [-0.2, 0) is 0 Å². The summed E-state index contributed by atoms with van der Waals surface area (Å²) in [6, 6.07) is 5.67. The second kappa shape index (κ2) is 8.20. The van der Waals surface area contributed by atoms with E-state index in [1.54, 1.807) is 6.07 Å². The van der Waals surface area contributed by atoms with Crippen LogP contribution in [0.2, 0.25) is 10.0 Å². The van der Waals surface area contributed by atoms with E-state index >= 15 is 0 Å².